The molecule has 0 heterocycles. The number of hydrogen-bond donors (Lipinski definition) is 1. The second-order valence-electron chi connectivity index (χ2n) is 4.55. The highest BCUT2D eigenvalue weighted by atomic mass is 16.3. The lowest BCUT2D eigenvalue weighted by molar-refractivity contribution is 0.154. The molecule has 0 saturated carbocycles. The van der Waals surface area contributed by atoms with Gasteiger partial charge in [-0.05, 0) is 36.8 Å². The standard InChI is InChI=1S/C15H24O/c1-3-6-13-8-5-9-14(12-13)10-11-15(16)7-4-2/h5,8-9,12,15-16H,3-4,6-7,10-11H2,1-2H3. The number of benzene rings is 1. The lowest BCUT2D eigenvalue weighted by Gasteiger charge is -2.09. The number of rotatable bonds is 7. The van der Waals surface area contributed by atoms with Crippen LogP contribution in [0, 0.1) is 0 Å². The Hall–Kier alpha value is -0.820. The molecular weight excluding hydrogens is 196 g/mol. The van der Waals surface area contributed by atoms with Gasteiger partial charge in [-0.1, -0.05) is 51.0 Å². The van der Waals surface area contributed by atoms with Crippen LogP contribution >= 0.6 is 0 Å². The van der Waals surface area contributed by atoms with E-state index in [0.717, 1.165) is 32.1 Å². The van der Waals surface area contributed by atoms with Crippen molar-refractivity contribution < 1.29 is 5.11 Å². The molecule has 1 rings (SSSR count). The van der Waals surface area contributed by atoms with Crippen molar-refractivity contribution >= 4 is 0 Å². The normalized spacial score (nSPS) is 12.7. The van der Waals surface area contributed by atoms with Crippen LogP contribution in [-0.2, 0) is 12.8 Å². The summed E-state index contributed by atoms with van der Waals surface area (Å²) in [5.74, 6) is 0. The average Bonchev–Trinajstić information content (AvgIpc) is 2.28. The minimum Gasteiger partial charge on any atom is -0.393 e. The highest BCUT2D eigenvalue weighted by molar-refractivity contribution is 5.23. The third-order valence-corrected chi connectivity index (χ3v) is 2.92. The lowest BCUT2D eigenvalue weighted by atomic mass is 10.0. The van der Waals surface area contributed by atoms with Crippen LogP contribution in [-0.4, -0.2) is 11.2 Å². The van der Waals surface area contributed by atoms with Crippen molar-refractivity contribution in [2.75, 3.05) is 0 Å². The molecule has 1 atom stereocenters. The molecule has 0 bridgehead atoms. The van der Waals surface area contributed by atoms with Gasteiger partial charge in [-0.3, -0.25) is 0 Å². The largest absolute Gasteiger partial charge is 0.393 e. The van der Waals surface area contributed by atoms with Crippen LogP contribution in [0.2, 0.25) is 0 Å². The first kappa shape index (κ1) is 13.2. The van der Waals surface area contributed by atoms with E-state index in [2.05, 4.69) is 38.1 Å². The highest BCUT2D eigenvalue weighted by Crippen LogP contribution is 2.12. The smallest absolute Gasteiger partial charge is 0.0543 e. The zero-order chi connectivity index (χ0) is 11.8. The maximum atomic E-state index is 9.68. The van der Waals surface area contributed by atoms with Crippen LogP contribution in [0.1, 0.15) is 50.7 Å². The molecule has 0 saturated heterocycles. The zero-order valence-electron chi connectivity index (χ0n) is 10.6. The average molecular weight is 220 g/mol. The fourth-order valence-electron chi connectivity index (χ4n) is 2.04. The number of aliphatic hydroxyl groups excluding tert-OH is 1. The van der Waals surface area contributed by atoms with Gasteiger partial charge in [-0.2, -0.15) is 0 Å². The number of aryl methyl sites for hydroxylation is 2. The quantitative estimate of drug-likeness (QED) is 0.742. The van der Waals surface area contributed by atoms with Crippen molar-refractivity contribution in [1.82, 2.24) is 0 Å². The molecule has 0 aliphatic carbocycles. The van der Waals surface area contributed by atoms with Gasteiger partial charge in [0.2, 0.25) is 0 Å². The Bertz CT molecular complexity index is 293. The van der Waals surface area contributed by atoms with Crippen molar-refractivity contribution in [3.05, 3.63) is 35.4 Å². The van der Waals surface area contributed by atoms with Gasteiger partial charge in [0.25, 0.3) is 0 Å². The molecule has 0 aliphatic heterocycles. The van der Waals surface area contributed by atoms with E-state index in [0.29, 0.717) is 0 Å². The Labute approximate surface area is 99.5 Å². The van der Waals surface area contributed by atoms with Crippen LogP contribution in [0.4, 0.5) is 0 Å². The third kappa shape index (κ3) is 4.80. The molecule has 1 heteroatoms. The fraction of sp³-hybridized carbons (Fsp3) is 0.600. The predicted octanol–water partition coefficient (Wildman–Crippen LogP) is 3.73. The van der Waals surface area contributed by atoms with Crippen molar-refractivity contribution in [2.45, 2.75) is 58.5 Å². The van der Waals surface area contributed by atoms with Crippen molar-refractivity contribution in [1.29, 1.82) is 0 Å². The lowest BCUT2D eigenvalue weighted by Crippen LogP contribution is -2.07. The predicted molar refractivity (Wildman–Crippen MR) is 69.7 cm³/mol. The van der Waals surface area contributed by atoms with Gasteiger partial charge >= 0.3 is 0 Å². The number of hydrogen-bond acceptors (Lipinski definition) is 1. The van der Waals surface area contributed by atoms with Gasteiger partial charge in [0, 0.05) is 0 Å². The van der Waals surface area contributed by atoms with Crippen molar-refractivity contribution in [2.24, 2.45) is 0 Å². The summed E-state index contributed by atoms with van der Waals surface area (Å²) in [5.41, 5.74) is 2.78. The molecule has 1 N–H and O–H groups in total. The molecule has 0 amide bonds. The molecule has 1 nitrogen and oxygen atoms in total. The topological polar surface area (TPSA) is 20.2 Å². The molecule has 0 aromatic heterocycles. The Morgan fingerprint density at radius 3 is 2.31 bits per heavy atom. The fourth-order valence-corrected chi connectivity index (χ4v) is 2.04. The summed E-state index contributed by atoms with van der Waals surface area (Å²) in [4.78, 5) is 0. The Morgan fingerprint density at radius 2 is 1.69 bits per heavy atom. The molecule has 0 aliphatic rings. The summed E-state index contributed by atoms with van der Waals surface area (Å²) in [6.45, 7) is 4.32. The van der Waals surface area contributed by atoms with Crippen molar-refractivity contribution in [3.8, 4) is 0 Å². The second-order valence-corrected chi connectivity index (χ2v) is 4.55. The minimum absolute atomic E-state index is 0.125. The SMILES string of the molecule is CCCc1cccc(CCC(O)CCC)c1. The first-order chi connectivity index (χ1) is 7.76. The summed E-state index contributed by atoms with van der Waals surface area (Å²) in [6, 6.07) is 8.77. The van der Waals surface area contributed by atoms with E-state index >= 15 is 0 Å². The summed E-state index contributed by atoms with van der Waals surface area (Å²) >= 11 is 0. The Kier molecular flexibility index (Phi) is 6.17. The Balaban J connectivity index is 2.44. The monoisotopic (exact) mass is 220 g/mol. The highest BCUT2D eigenvalue weighted by Gasteiger charge is 2.03. The first-order valence-corrected chi connectivity index (χ1v) is 6.52. The molecule has 0 fully saturated rings. The maximum absolute atomic E-state index is 9.68. The van der Waals surface area contributed by atoms with Gasteiger partial charge < -0.3 is 5.11 Å². The van der Waals surface area contributed by atoms with Gasteiger partial charge in [-0.25, -0.2) is 0 Å². The molecule has 0 radical (unpaired) electrons. The van der Waals surface area contributed by atoms with E-state index in [4.69, 9.17) is 0 Å². The van der Waals surface area contributed by atoms with Crippen LogP contribution < -0.4 is 0 Å². The zero-order valence-corrected chi connectivity index (χ0v) is 10.6. The molecule has 16 heavy (non-hydrogen) atoms. The third-order valence-electron chi connectivity index (χ3n) is 2.92. The van der Waals surface area contributed by atoms with E-state index in [1.54, 1.807) is 0 Å². The summed E-state index contributed by atoms with van der Waals surface area (Å²) < 4.78 is 0. The van der Waals surface area contributed by atoms with Crippen LogP contribution in [0.25, 0.3) is 0 Å². The van der Waals surface area contributed by atoms with Crippen LogP contribution in [0.15, 0.2) is 24.3 Å². The van der Waals surface area contributed by atoms with E-state index in [-0.39, 0.29) is 6.10 Å². The van der Waals surface area contributed by atoms with Crippen LogP contribution in [0.3, 0.4) is 0 Å². The summed E-state index contributed by atoms with van der Waals surface area (Å²) in [5, 5.41) is 9.68. The summed E-state index contributed by atoms with van der Waals surface area (Å²) in [7, 11) is 0. The van der Waals surface area contributed by atoms with E-state index in [9.17, 15) is 5.11 Å². The first-order valence-electron chi connectivity index (χ1n) is 6.52. The second kappa shape index (κ2) is 7.45. The molecule has 90 valence electrons. The van der Waals surface area contributed by atoms with Crippen LogP contribution in [0.5, 0.6) is 0 Å². The molecular formula is C15H24O. The Morgan fingerprint density at radius 1 is 1.00 bits per heavy atom. The number of aliphatic hydroxyl groups is 1. The molecule has 1 unspecified atom stereocenters. The van der Waals surface area contributed by atoms with E-state index in [1.165, 1.54) is 17.5 Å². The molecule has 1 aromatic carbocycles. The van der Waals surface area contributed by atoms with Gasteiger partial charge in [0.15, 0.2) is 0 Å². The minimum atomic E-state index is -0.125. The summed E-state index contributed by atoms with van der Waals surface area (Å²) in [6.07, 6.45) is 6.11. The van der Waals surface area contributed by atoms with Crippen molar-refractivity contribution in [3.63, 3.8) is 0 Å². The maximum Gasteiger partial charge on any atom is 0.0543 e. The van der Waals surface area contributed by atoms with Gasteiger partial charge in [-0.15, -0.1) is 0 Å². The van der Waals surface area contributed by atoms with E-state index in [1.807, 2.05) is 0 Å². The van der Waals surface area contributed by atoms with Gasteiger partial charge in [0.1, 0.15) is 0 Å². The molecule has 0 spiro atoms. The molecule has 1 aromatic rings. The van der Waals surface area contributed by atoms with E-state index < -0.39 is 0 Å². The van der Waals surface area contributed by atoms with Gasteiger partial charge in [0.05, 0.1) is 6.10 Å².